The van der Waals surface area contributed by atoms with E-state index in [1.54, 1.807) is 26.5 Å². The monoisotopic (exact) mass is 237 g/mol. The number of hydrogen-bond acceptors (Lipinski definition) is 5. The van der Waals surface area contributed by atoms with Gasteiger partial charge in [-0.1, -0.05) is 13.8 Å². The van der Waals surface area contributed by atoms with E-state index < -0.39 is 0 Å². The van der Waals surface area contributed by atoms with Gasteiger partial charge in [0, 0.05) is 30.8 Å². The van der Waals surface area contributed by atoms with Crippen LogP contribution in [0.15, 0.2) is 12.3 Å². The van der Waals surface area contributed by atoms with Gasteiger partial charge >= 0.3 is 0 Å². The number of nitrogens with zero attached hydrogens (tertiary/aromatic N) is 2. The Morgan fingerprint density at radius 1 is 1.41 bits per heavy atom. The zero-order valence-electron chi connectivity index (χ0n) is 10.7. The molecular formula is C12H19N3O2. The smallest absolute Gasteiger partial charge is 0.226 e. The van der Waals surface area contributed by atoms with Gasteiger partial charge in [-0.15, -0.1) is 0 Å². The van der Waals surface area contributed by atoms with Crippen molar-refractivity contribution in [1.82, 2.24) is 9.97 Å². The third kappa shape index (κ3) is 2.20. The van der Waals surface area contributed by atoms with Crippen LogP contribution in [0.5, 0.6) is 5.88 Å². The molecule has 17 heavy (non-hydrogen) atoms. The molecule has 0 bridgehead atoms. The number of rotatable bonds is 4. The zero-order chi connectivity index (χ0) is 12.5. The van der Waals surface area contributed by atoms with Crippen molar-refractivity contribution in [3.8, 4) is 5.88 Å². The van der Waals surface area contributed by atoms with Gasteiger partial charge in [-0.05, 0) is 6.42 Å². The van der Waals surface area contributed by atoms with E-state index in [9.17, 15) is 0 Å². The van der Waals surface area contributed by atoms with Gasteiger partial charge in [-0.2, -0.15) is 4.98 Å². The maximum absolute atomic E-state index is 5.41. The largest absolute Gasteiger partial charge is 0.481 e. The molecule has 0 spiro atoms. The van der Waals surface area contributed by atoms with Crippen LogP contribution in [0.2, 0.25) is 0 Å². The Morgan fingerprint density at radius 3 is 2.76 bits per heavy atom. The van der Waals surface area contributed by atoms with Gasteiger partial charge in [0.2, 0.25) is 11.8 Å². The van der Waals surface area contributed by atoms with Crippen LogP contribution < -0.4 is 10.1 Å². The molecule has 0 aliphatic heterocycles. The fraction of sp³-hybridized carbons (Fsp3) is 0.667. The summed E-state index contributed by atoms with van der Waals surface area (Å²) in [6, 6.07) is 2.06. The Kier molecular flexibility index (Phi) is 3.19. The quantitative estimate of drug-likeness (QED) is 0.864. The van der Waals surface area contributed by atoms with Crippen molar-refractivity contribution in [3.05, 3.63) is 12.3 Å². The minimum absolute atomic E-state index is 0.0984. The summed E-state index contributed by atoms with van der Waals surface area (Å²) in [4.78, 5) is 8.43. The molecule has 1 saturated carbocycles. The molecule has 1 heterocycles. The first-order valence-electron chi connectivity index (χ1n) is 5.74. The minimum Gasteiger partial charge on any atom is -0.481 e. The fourth-order valence-corrected chi connectivity index (χ4v) is 2.21. The lowest BCUT2D eigenvalue weighted by atomic mass is 9.64. The fourth-order valence-electron chi connectivity index (χ4n) is 2.21. The molecule has 2 atom stereocenters. The molecule has 5 heteroatoms. The molecule has 1 aliphatic carbocycles. The minimum atomic E-state index is 0.0984. The maximum atomic E-state index is 5.41. The predicted molar refractivity (Wildman–Crippen MR) is 65.2 cm³/mol. The summed E-state index contributed by atoms with van der Waals surface area (Å²) in [6.07, 6.45) is 2.96. The van der Waals surface area contributed by atoms with E-state index in [1.165, 1.54) is 0 Å². The van der Waals surface area contributed by atoms with E-state index in [0.717, 1.165) is 6.42 Å². The van der Waals surface area contributed by atoms with E-state index in [-0.39, 0.29) is 5.41 Å². The molecule has 94 valence electrons. The Balaban J connectivity index is 2.02. The highest BCUT2D eigenvalue weighted by atomic mass is 16.5. The standard InChI is InChI=1S/C12H19N3O2/c1-12(2)8(7-9(12)16-3)14-11-13-6-5-10(15-11)17-4/h5-6,8-9H,7H2,1-4H3,(H,13,14,15). The van der Waals surface area contributed by atoms with Gasteiger partial charge in [0.15, 0.2) is 0 Å². The van der Waals surface area contributed by atoms with Gasteiger partial charge in [0.25, 0.3) is 0 Å². The van der Waals surface area contributed by atoms with Crippen molar-refractivity contribution < 1.29 is 9.47 Å². The Bertz CT molecular complexity index is 395. The van der Waals surface area contributed by atoms with Crippen LogP contribution in [0.4, 0.5) is 5.95 Å². The molecule has 2 unspecified atom stereocenters. The van der Waals surface area contributed by atoms with Crippen molar-refractivity contribution in [2.75, 3.05) is 19.5 Å². The van der Waals surface area contributed by atoms with E-state index in [1.807, 2.05) is 0 Å². The number of hydrogen-bond donors (Lipinski definition) is 1. The molecule has 0 amide bonds. The van der Waals surface area contributed by atoms with Gasteiger partial charge in [-0.3, -0.25) is 0 Å². The first-order valence-corrected chi connectivity index (χ1v) is 5.74. The molecule has 5 nitrogen and oxygen atoms in total. The van der Waals surface area contributed by atoms with Gasteiger partial charge in [0.1, 0.15) is 0 Å². The summed E-state index contributed by atoms with van der Waals surface area (Å²) < 4.78 is 10.5. The molecule has 2 rings (SSSR count). The number of aromatic nitrogens is 2. The molecule has 1 aromatic heterocycles. The summed E-state index contributed by atoms with van der Waals surface area (Å²) in [7, 11) is 3.35. The lowest BCUT2D eigenvalue weighted by Gasteiger charge is -2.51. The number of nitrogens with one attached hydrogen (secondary N) is 1. The van der Waals surface area contributed by atoms with Crippen molar-refractivity contribution in [2.24, 2.45) is 5.41 Å². The molecule has 1 fully saturated rings. The third-order valence-electron chi connectivity index (χ3n) is 3.60. The number of methoxy groups -OCH3 is 2. The van der Waals surface area contributed by atoms with Crippen LogP contribution in [0, 0.1) is 5.41 Å². The summed E-state index contributed by atoms with van der Waals surface area (Å²) in [5, 5.41) is 3.33. The molecule has 0 aromatic carbocycles. The molecule has 0 radical (unpaired) electrons. The lowest BCUT2D eigenvalue weighted by molar-refractivity contribution is -0.0796. The highest BCUT2D eigenvalue weighted by Gasteiger charge is 2.48. The number of ether oxygens (including phenoxy) is 2. The van der Waals surface area contributed by atoms with Crippen LogP contribution in [0.3, 0.4) is 0 Å². The first-order chi connectivity index (χ1) is 8.07. The van der Waals surface area contributed by atoms with E-state index >= 15 is 0 Å². The van der Waals surface area contributed by atoms with Crippen LogP contribution in [0.1, 0.15) is 20.3 Å². The van der Waals surface area contributed by atoms with Crippen LogP contribution in [0.25, 0.3) is 0 Å². The topological polar surface area (TPSA) is 56.3 Å². The Morgan fingerprint density at radius 2 is 2.18 bits per heavy atom. The summed E-state index contributed by atoms with van der Waals surface area (Å²) >= 11 is 0. The normalized spacial score (nSPS) is 26.1. The van der Waals surface area contributed by atoms with Gasteiger partial charge < -0.3 is 14.8 Å². The van der Waals surface area contributed by atoms with Crippen molar-refractivity contribution >= 4 is 5.95 Å². The Hall–Kier alpha value is -1.36. The summed E-state index contributed by atoms with van der Waals surface area (Å²) in [5.41, 5.74) is 0.0984. The SMILES string of the molecule is COc1ccnc(NC2CC(OC)C2(C)C)n1. The Labute approximate surface area is 102 Å². The van der Waals surface area contributed by atoms with E-state index in [2.05, 4.69) is 29.1 Å². The van der Waals surface area contributed by atoms with E-state index in [0.29, 0.717) is 24.0 Å². The molecule has 1 aromatic rings. The molecule has 1 N–H and O–H groups in total. The molecular weight excluding hydrogens is 218 g/mol. The van der Waals surface area contributed by atoms with Gasteiger partial charge in [-0.25, -0.2) is 4.98 Å². The second kappa shape index (κ2) is 4.49. The average Bonchev–Trinajstić information content (AvgIpc) is 2.34. The second-order valence-corrected chi connectivity index (χ2v) is 4.90. The predicted octanol–water partition coefficient (Wildman–Crippen LogP) is 1.71. The van der Waals surface area contributed by atoms with Crippen molar-refractivity contribution in [1.29, 1.82) is 0 Å². The first kappa shape index (κ1) is 12.1. The van der Waals surface area contributed by atoms with Crippen molar-refractivity contribution in [2.45, 2.75) is 32.4 Å². The van der Waals surface area contributed by atoms with Crippen molar-refractivity contribution in [3.63, 3.8) is 0 Å². The summed E-state index contributed by atoms with van der Waals surface area (Å²) in [5.74, 6) is 1.18. The van der Waals surface area contributed by atoms with Crippen LogP contribution >= 0.6 is 0 Å². The zero-order valence-corrected chi connectivity index (χ0v) is 10.7. The van der Waals surface area contributed by atoms with Crippen LogP contribution in [-0.4, -0.2) is 36.3 Å². The lowest BCUT2D eigenvalue weighted by Crippen LogP contribution is -2.57. The molecule has 1 aliphatic rings. The third-order valence-corrected chi connectivity index (χ3v) is 3.60. The van der Waals surface area contributed by atoms with Gasteiger partial charge in [0.05, 0.1) is 13.2 Å². The highest BCUT2D eigenvalue weighted by Crippen LogP contribution is 2.43. The summed E-state index contributed by atoms with van der Waals surface area (Å²) in [6.45, 7) is 4.37. The number of anilines is 1. The molecule has 0 saturated heterocycles. The highest BCUT2D eigenvalue weighted by molar-refractivity contribution is 5.31. The van der Waals surface area contributed by atoms with E-state index in [4.69, 9.17) is 9.47 Å². The average molecular weight is 237 g/mol. The second-order valence-electron chi connectivity index (χ2n) is 4.90. The maximum Gasteiger partial charge on any atom is 0.226 e. The van der Waals surface area contributed by atoms with Crippen LogP contribution in [-0.2, 0) is 4.74 Å².